The molecule has 3 nitrogen and oxygen atoms in total. The molecule has 17 heavy (non-hydrogen) atoms. The Morgan fingerprint density at radius 3 is 2.71 bits per heavy atom. The summed E-state index contributed by atoms with van der Waals surface area (Å²) >= 11 is 8.52. The Morgan fingerprint density at radius 1 is 1.35 bits per heavy atom. The Labute approximate surface area is 113 Å². The molecule has 0 atom stereocenters. The van der Waals surface area contributed by atoms with E-state index in [2.05, 4.69) is 25.9 Å². The number of methoxy groups -OCH3 is 1. The number of ether oxygens (including phenoxy) is 1. The van der Waals surface area contributed by atoms with Crippen molar-refractivity contribution < 1.29 is 4.74 Å². The first-order valence-electron chi connectivity index (χ1n) is 5.02. The fourth-order valence-electron chi connectivity index (χ4n) is 1.55. The standard InChI is InChI=1S/C12H11BrN2OS/c1-7-5-10(15-12(17)14-7)8-3-4-11(16-2)9(13)6-8/h3-6H,1-2H3,(H,14,15,17). The summed E-state index contributed by atoms with van der Waals surface area (Å²) in [5, 5.41) is 0. The molecule has 0 unspecified atom stereocenters. The van der Waals surface area contributed by atoms with Gasteiger partial charge in [-0.3, -0.25) is 0 Å². The lowest BCUT2D eigenvalue weighted by Gasteiger charge is -2.06. The van der Waals surface area contributed by atoms with Crippen molar-refractivity contribution in [3.05, 3.63) is 39.2 Å². The normalized spacial score (nSPS) is 10.3. The zero-order valence-electron chi connectivity index (χ0n) is 9.45. The molecule has 1 aromatic carbocycles. The lowest BCUT2D eigenvalue weighted by molar-refractivity contribution is 0.412. The molecule has 88 valence electrons. The molecular formula is C12H11BrN2OS. The Kier molecular flexibility index (Phi) is 3.59. The van der Waals surface area contributed by atoms with Crippen LogP contribution in [0.5, 0.6) is 5.75 Å². The molecule has 0 bridgehead atoms. The van der Waals surface area contributed by atoms with Crippen molar-refractivity contribution in [2.75, 3.05) is 7.11 Å². The number of hydrogen-bond donors (Lipinski definition) is 1. The predicted molar refractivity (Wildman–Crippen MR) is 73.8 cm³/mol. The molecule has 1 N–H and O–H groups in total. The second kappa shape index (κ2) is 4.98. The molecule has 0 saturated carbocycles. The molecule has 2 rings (SSSR count). The lowest BCUT2D eigenvalue weighted by Crippen LogP contribution is -1.91. The highest BCUT2D eigenvalue weighted by molar-refractivity contribution is 9.10. The summed E-state index contributed by atoms with van der Waals surface area (Å²) < 4.78 is 6.58. The fourth-order valence-corrected chi connectivity index (χ4v) is 2.35. The van der Waals surface area contributed by atoms with Gasteiger partial charge in [-0.2, -0.15) is 0 Å². The van der Waals surface area contributed by atoms with Gasteiger partial charge >= 0.3 is 0 Å². The zero-order chi connectivity index (χ0) is 12.4. The number of hydrogen-bond acceptors (Lipinski definition) is 3. The third-order valence-corrected chi connectivity index (χ3v) is 3.14. The number of H-pyrrole nitrogens is 1. The van der Waals surface area contributed by atoms with Gasteiger partial charge < -0.3 is 9.72 Å². The van der Waals surface area contributed by atoms with Crippen LogP contribution in [-0.2, 0) is 0 Å². The van der Waals surface area contributed by atoms with E-state index in [1.54, 1.807) is 7.11 Å². The second-order valence-electron chi connectivity index (χ2n) is 3.60. The molecule has 0 aliphatic rings. The minimum absolute atomic E-state index is 0.493. The molecule has 0 saturated heterocycles. The van der Waals surface area contributed by atoms with E-state index in [1.807, 2.05) is 31.2 Å². The molecule has 0 spiro atoms. The van der Waals surface area contributed by atoms with E-state index in [0.29, 0.717) is 4.77 Å². The molecule has 1 aromatic heterocycles. The first kappa shape index (κ1) is 12.3. The molecule has 1 heterocycles. The molecule has 0 amide bonds. The van der Waals surface area contributed by atoms with Crippen LogP contribution in [-0.4, -0.2) is 17.1 Å². The van der Waals surface area contributed by atoms with Crippen molar-refractivity contribution in [1.29, 1.82) is 0 Å². The summed E-state index contributed by atoms with van der Waals surface area (Å²) in [5.41, 5.74) is 2.85. The SMILES string of the molecule is COc1ccc(-c2cc(C)[nH]c(=S)n2)cc1Br. The highest BCUT2D eigenvalue weighted by Gasteiger charge is 2.05. The second-order valence-corrected chi connectivity index (χ2v) is 4.84. The summed E-state index contributed by atoms with van der Waals surface area (Å²) in [6, 6.07) is 7.79. The summed E-state index contributed by atoms with van der Waals surface area (Å²) in [6.07, 6.45) is 0. The fraction of sp³-hybridized carbons (Fsp3) is 0.167. The highest BCUT2D eigenvalue weighted by Crippen LogP contribution is 2.29. The monoisotopic (exact) mass is 310 g/mol. The largest absolute Gasteiger partial charge is 0.496 e. The summed E-state index contributed by atoms with van der Waals surface area (Å²) in [4.78, 5) is 7.28. The zero-order valence-corrected chi connectivity index (χ0v) is 11.9. The van der Waals surface area contributed by atoms with Crippen LogP contribution in [0.4, 0.5) is 0 Å². The van der Waals surface area contributed by atoms with Crippen LogP contribution in [0.3, 0.4) is 0 Å². The number of aromatic nitrogens is 2. The molecule has 0 fully saturated rings. The van der Waals surface area contributed by atoms with Crippen molar-refractivity contribution >= 4 is 28.1 Å². The number of rotatable bonds is 2. The van der Waals surface area contributed by atoms with Gasteiger partial charge in [-0.05, 0) is 59.3 Å². The number of nitrogens with one attached hydrogen (secondary N) is 1. The van der Waals surface area contributed by atoms with Gasteiger partial charge in [0.05, 0.1) is 17.3 Å². The third-order valence-electron chi connectivity index (χ3n) is 2.33. The van der Waals surface area contributed by atoms with E-state index >= 15 is 0 Å². The maximum atomic E-state index is 5.19. The van der Waals surface area contributed by atoms with Crippen molar-refractivity contribution in [3.8, 4) is 17.0 Å². The van der Waals surface area contributed by atoms with Crippen molar-refractivity contribution in [2.45, 2.75) is 6.92 Å². The van der Waals surface area contributed by atoms with E-state index in [-0.39, 0.29) is 0 Å². The molecule has 0 aliphatic heterocycles. The number of aromatic amines is 1. The van der Waals surface area contributed by atoms with Crippen LogP contribution < -0.4 is 4.74 Å². The van der Waals surface area contributed by atoms with Gasteiger partial charge in [0.25, 0.3) is 0 Å². The van der Waals surface area contributed by atoms with Gasteiger partial charge in [0, 0.05) is 11.3 Å². The molecule has 0 aliphatic carbocycles. The first-order chi connectivity index (χ1) is 8.10. The van der Waals surface area contributed by atoms with Gasteiger partial charge in [-0.1, -0.05) is 0 Å². The average molecular weight is 311 g/mol. The number of benzene rings is 1. The van der Waals surface area contributed by atoms with E-state index in [0.717, 1.165) is 27.2 Å². The van der Waals surface area contributed by atoms with Crippen molar-refractivity contribution in [3.63, 3.8) is 0 Å². The quantitative estimate of drug-likeness (QED) is 0.855. The van der Waals surface area contributed by atoms with Crippen molar-refractivity contribution in [2.24, 2.45) is 0 Å². The third kappa shape index (κ3) is 2.73. The van der Waals surface area contributed by atoms with E-state index in [9.17, 15) is 0 Å². The highest BCUT2D eigenvalue weighted by atomic mass is 79.9. The number of aryl methyl sites for hydroxylation is 1. The van der Waals surface area contributed by atoms with Gasteiger partial charge in [-0.15, -0.1) is 0 Å². The maximum absolute atomic E-state index is 5.19. The van der Waals surface area contributed by atoms with Gasteiger partial charge in [0.15, 0.2) is 4.77 Å². The molecular weight excluding hydrogens is 300 g/mol. The van der Waals surface area contributed by atoms with Crippen LogP contribution in [0.1, 0.15) is 5.69 Å². The smallest absolute Gasteiger partial charge is 0.197 e. The van der Waals surface area contributed by atoms with E-state index in [4.69, 9.17) is 17.0 Å². The molecule has 5 heteroatoms. The van der Waals surface area contributed by atoms with Crippen molar-refractivity contribution in [1.82, 2.24) is 9.97 Å². The van der Waals surface area contributed by atoms with Gasteiger partial charge in [0.1, 0.15) is 5.75 Å². The Morgan fingerprint density at radius 2 is 2.12 bits per heavy atom. The Hall–Kier alpha value is -1.20. The summed E-state index contributed by atoms with van der Waals surface area (Å²) in [6.45, 7) is 1.96. The Bertz CT molecular complexity index is 610. The molecule has 0 radical (unpaired) electrons. The average Bonchev–Trinajstić information content (AvgIpc) is 2.27. The van der Waals surface area contributed by atoms with Crippen LogP contribution in [0, 0.1) is 11.7 Å². The lowest BCUT2D eigenvalue weighted by atomic mass is 10.1. The van der Waals surface area contributed by atoms with Crippen LogP contribution in [0.25, 0.3) is 11.3 Å². The predicted octanol–water partition coefficient (Wildman–Crippen LogP) is 3.89. The summed E-state index contributed by atoms with van der Waals surface area (Å²) in [7, 11) is 1.64. The minimum atomic E-state index is 0.493. The number of nitrogens with zero attached hydrogens (tertiary/aromatic N) is 1. The Balaban J connectivity index is 2.53. The maximum Gasteiger partial charge on any atom is 0.197 e. The topological polar surface area (TPSA) is 37.9 Å². The molecule has 2 aromatic rings. The van der Waals surface area contributed by atoms with E-state index < -0.39 is 0 Å². The van der Waals surface area contributed by atoms with E-state index in [1.165, 1.54) is 0 Å². The minimum Gasteiger partial charge on any atom is -0.496 e. The first-order valence-corrected chi connectivity index (χ1v) is 6.22. The van der Waals surface area contributed by atoms with Crippen LogP contribution >= 0.6 is 28.1 Å². The van der Waals surface area contributed by atoms with Gasteiger partial charge in [-0.25, -0.2) is 4.98 Å². The van der Waals surface area contributed by atoms with Gasteiger partial charge in [0.2, 0.25) is 0 Å². The number of halogens is 1. The van der Waals surface area contributed by atoms with Crippen LogP contribution in [0.2, 0.25) is 0 Å². The summed E-state index contributed by atoms with van der Waals surface area (Å²) in [5.74, 6) is 0.798. The van der Waals surface area contributed by atoms with Crippen LogP contribution in [0.15, 0.2) is 28.7 Å².